The summed E-state index contributed by atoms with van der Waals surface area (Å²) >= 11 is 5.13. The van der Waals surface area contributed by atoms with E-state index in [9.17, 15) is 5.26 Å². The van der Waals surface area contributed by atoms with E-state index in [0.717, 1.165) is 51.0 Å². The van der Waals surface area contributed by atoms with Gasteiger partial charge in [-0.25, -0.2) is 4.99 Å². The number of hydrogen-bond acceptors (Lipinski definition) is 5. The lowest BCUT2D eigenvalue weighted by Gasteiger charge is -2.33. The molecule has 4 rings (SSSR count). The fraction of sp³-hybridized carbons (Fsp3) is 0.355. The van der Waals surface area contributed by atoms with Crippen LogP contribution in [0.5, 0.6) is 11.5 Å². The van der Waals surface area contributed by atoms with Crippen LogP contribution in [-0.4, -0.2) is 13.3 Å². The van der Waals surface area contributed by atoms with Gasteiger partial charge in [0.15, 0.2) is 11.5 Å². The van der Waals surface area contributed by atoms with Crippen molar-refractivity contribution in [3.05, 3.63) is 86.2 Å². The second kappa shape index (κ2) is 11.7. The molecule has 1 aromatic heterocycles. The molecule has 0 unspecified atom stereocenters. The van der Waals surface area contributed by atoms with Crippen molar-refractivity contribution in [2.45, 2.75) is 53.1 Å². The third-order valence-corrected chi connectivity index (χ3v) is 8.64. The number of nitriles is 1. The molecule has 4 nitrogen and oxygen atoms in total. The molecular weight excluding hydrogens is 544 g/mol. The predicted molar refractivity (Wildman–Crippen MR) is 157 cm³/mol. The van der Waals surface area contributed by atoms with E-state index in [1.165, 1.54) is 10.4 Å². The fourth-order valence-corrected chi connectivity index (χ4v) is 6.25. The third kappa shape index (κ3) is 6.34. The number of hydrogen-bond donors (Lipinski definition) is 0. The summed E-state index contributed by atoms with van der Waals surface area (Å²) in [6.45, 7) is 11.3. The number of fused-ring (bicyclic) bond motifs is 1. The molecular formula is C31H33BrN2O2S. The first kappa shape index (κ1) is 27.2. The Kier molecular flexibility index (Phi) is 8.56. The summed E-state index contributed by atoms with van der Waals surface area (Å²) < 4.78 is 13.0. The van der Waals surface area contributed by atoms with Gasteiger partial charge in [0.2, 0.25) is 0 Å². The van der Waals surface area contributed by atoms with Crippen LogP contribution < -0.4 is 9.47 Å². The van der Waals surface area contributed by atoms with E-state index in [-0.39, 0.29) is 5.41 Å². The predicted octanol–water partition coefficient (Wildman–Crippen LogP) is 8.60. The minimum atomic E-state index is 0.261. The van der Waals surface area contributed by atoms with Crippen LogP contribution >= 0.6 is 27.3 Å². The summed E-state index contributed by atoms with van der Waals surface area (Å²) in [5.74, 6) is 1.98. The molecule has 0 bridgehead atoms. The fourth-order valence-electron chi connectivity index (χ4n) is 4.77. The molecule has 192 valence electrons. The highest BCUT2D eigenvalue weighted by Crippen LogP contribution is 2.45. The van der Waals surface area contributed by atoms with E-state index in [1.807, 2.05) is 42.6 Å². The Balaban J connectivity index is 1.61. The summed E-state index contributed by atoms with van der Waals surface area (Å²) in [5, 5.41) is 10.7. The molecule has 3 aromatic rings. The highest BCUT2D eigenvalue weighted by Gasteiger charge is 2.32. The number of allylic oxidation sites excluding steroid dienone is 1. The van der Waals surface area contributed by atoms with Crippen LogP contribution in [0, 0.1) is 22.7 Å². The molecule has 0 aliphatic heterocycles. The zero-order valence-corrected chi connectivity index (χ0v) is 24.3. The van der Waals surface area contributed by atoms with E-state index in [2.05, 4.69) is 55.4 Å². The Bertz CT molecular complexity index is 1340. The van der Waals surface area contributed by atoms with Crippen LogP contribution in [0.1, 0.15) is 59.9 Å². The second-order valence-electron chi connectivity index (χ2n) is 10.5. The van der Waals surface area contributed by atoms with Gasteiger partial charge in [-0.05, 0) is 78.0 Å². The van der Waals surface area contributed by atoms with Crippen LogP contribution in [0.4, 0.5) is 5.00 Å². The Labute approximate surface area is 232 Å². The van der Waals surface area contributed by atoms with Crippen molar-refractivity contribution < 1.29 is 9.47 Å². The van der Waals surface area contributed by atoms with Crippen LogP contribution in [0.15, 0.2) is 58.5 Å². The van der Waals surface area contributed by atoms with Crippen molar-refractivity contribution in [2.24, 2.45) is 16.3 Å². The maximum atomic E-state index is 9.92. The molecule has 1 heterocycles. The zero-order chi connectivity index (χ0) is 26.6. The standard InChI is InChI=1S/C31H33BrN2O2S/c1-6-7-22-14-21(15-27(35-5)29(22)36-19-20-8-11-24(32)12-9-20)18-34-30-26(17-33)25-13-10-23(31(2,3)4)16-28(25)37-30/h6,8-9,11-12,14-15,18,23H,1,7,10,13,16,19H2,2-5H3/t23-/m0/s1. The van der Waals surface area contributed by atoms with Crippen molar-refractivity contribution in [3.8, 4) is 17.6 Å². The number of aliphatic imine (C=N–C) groups is 1. The van der Waals surface area contributed by atoms with Crippen LogP contribution in [-0.2, 0) is 25.9 Å². The molecule has 0 saturated heterocycles. The molecule has 37 heavy (non-hydrogen) atoms. The molecule has 0 saturated carbocycles. The minimum absolute atomic E-state index is 0.261. The van der Waals surface area contributed by atoms with Gasteiger partial charge >= 0.3 is 0 Å². The van der Waals surface area contributed by atoms with Crippen LogP contribution in [0.25, 0.3) is 0 Å². The van der Waals surface area contributed by atoms with Crippen molar-refractivity contribution in [1.29, 1.82) is 5.26 Å². The number of nitrogens with zero attached hydrogens (tertiary/aromatic N) is 2. The number of benzene rings is 2. The molecule has 0 radical (unpaired) electrons. The number of ether oxygens (including phenoxy) is 2. The number of halogens is 1. The lowest BCUT2D eigenvalue weighted by Crippen LogP contribution is -2.26. The van der Waals surface area contributed by atoms with Gasteiger partial charge in [-0.2, -0.15) is 5.26 Å². The van der Waals surface area contributed by atoms with E-state index >= 15 is 0 Å². The maximum Gasteiger partial charge on any atom is 0.165 e. The molecule has 0 amide bonds. The van der Waals surface area contributed by atoms with Gasteiger partial charge < -0.3 is 9.47 Å². The van der Waals surface area contributed by atoms with Gasteiger partial charge in [0.25, 0.3) is 0 Å². The highest BCUT2D eigenvalue weighted by molar-refractivity contribution is 9.10. The first-order valence-corrected chi connectivity index (χ1v) is 14.1. The maximum absolute atomic E-state index is 9.92. The summed E-state index contributed by atoms with van der Waals surface area (Å²) in [4.78, 5) is 6.11. The third-order valence-electron chi connectivity index (χ3n) is 6.95. The molecule has 0 N–H and O–H groups in total. The second-order valence-corrected chi connectivity index (χ2v) is 12.5. The van der Waals surface area contributed by atoms with Crippen molar-refractivity contribution in [1.82, 2.24) is 0 Å². The lowest BCUT2D eigenvalue weighted by atomic mass is 9.72. The highest BCUT2D eigenvalue weighted by atomic mass is 79.9. The van der Waals surface area contributed by atoms with Crippen LogP contribution in [0.3, 0.4) is 0 Å². The number of thiophene rings is 1. The van der Waals surface area contributed by atoms with E-state index in [4.69, 9.17) is 14.5 Å². The molecule has 1 atom stereocenters. The van der Waals surface area contributed by atoms with E-state index in [0.29, 0.717) is 30.4 Å². The first-order chi connectivity index (χ1) is 17.7. The van der Waals surface area contributed by atoms with Crippen LogP contribution in [0.2, 0.25) is 0 Å². The summed E-state index contributed by atoms with van der Waals surface area (Å²) in [5.41, 5.74) is 5.13. The summed E-state index contributed by atoms with van der Waals surface area (Å²) in [7, 11) is 1.65. The van der Waals surface area contributed by atoms with Crippen molar-refractivity contribution in [3.63, 3.8) is 0 Å². The van der Waals surface area contributed by atoms with Crippen molar-refractivity contribution >= 4 is 38.5 Å². The Morgan fingerprint density at radius 1 is 1.24 bits per heavy atom. The monoisotopic (exact) mass is 576 g/mol. The lowest BCUT2D eigenvalue weighted by molar-refractivity contribution is 0.218. The summed E-state index contributed by atoms with van der Waals surface area (Å²) in [6, 6.07) is 14.5. The summed E-state index contributed by atoms with van der Waals surface area (Å²) in [6.07, 6.45) is 7.42. The van der Waals surface area contributed by atoms with Gasteiger partial charge in [0.05, 0.1) is 12.7 Å². The van der Waals surface area contributed by atoms with Gasteiger partial charge in [0.1, 0.15) is 17.7 Å². The van der Waals surface area contributed by atoms with Crippen molar-refractivity contribution in [2.75, 3.05) is 7.11 Å². The SMILES string of the molecule is C=CCc1cc(C=Nc2sc3c(c2C#N)CC[C@H](C(C)(C)C)C3)cc(OC)c1OCc1ccc(Br)cc1. The largest absolute Gasteiger partial charge is 0.493 e. The molecule has 2 aromatic carbocycles. The molecule has 6 heteroatoms. The van der Waals surface area contributed by atoms with Gasteiger partial charge in [-0.15, -0.1) is 17.9 Å². The Morgan fingerprint density at radius 2 is 2.00 bits per heavy atom. The number of methoxy groups -OCH3 is 1. The Morgan fingerprint density at radius 3 is 2.65 bits per heavy atom. The Hall–Kier alpha value is -2.88. The number of rotatable bonds is 8. The molecule has 0 spiro atoms. The first-order valence-electron chi connectivity index (χ1n) is 12.5. The van der Waals surface area contributed by atoms with E-state index in [1.54, 1.807) is 18.4 Å². The molecule has 1 aliphatic carbocycles. The van der Waals surface area contributed by atoms with Gasteiger partial charge in [-0.1, -0.05) is 54.9 Å². The zero-order valence-electron chi connectivity index (χ0n) is 21.9. The minimum Gasteiger partial charge on any atom is -0.493 e. The topological polar surface area (TPSA) is 54.6 Å². The average molecular weight is 578 g/mol. The van der Waals surface area contributed by atoms with Gasteiger partial charge in [0, 0.05) is 21.1 Å². The smallest absolute Gasteiger partial charge is 0.165 e. The average Bonchev–Trinajstić information content (AvgIpc) is 3.24. The van der Waals surface area contributed by atoms with E-state index < -0.39 is 0 Å². The molecule has 1 aliphatic rings. The normalized spacial score (nSPS) is 15.3. The molecule has 0 fully saturated rings. The quantitative estimate of drug-likeness (QED) is 0.199. The van der Waals surface area contributed by atoms with Gasteiger partial charge in [-0.3, -0.25) is 0 Å².